The van der Waals surface area contributed by atoms with Crippen LogP contribution in [-0.2, 0) is 15.7 Å². The number of ether oxygens (including phenoxy) is 1. The van der Waals surface area contributed by atoms with Crippen molar-refractivity contribution in [1.29, 1.82) is 0 Å². The Morgan fingerprint density at radius 3 is 2.29 bits per heavy atom. The van der Waals surface area contributed by atoms with Crippen LogP contribution in [0.1, 0.15) is 5.56 Å². The topological polar surface area (TPSA) is 43.4 Å². The zero-order chi connectivity index (χ0) is 15.6. The van der Waals surface area contributed by atoms with Crippen LogP contribution >= 0.6 is 54.1 Å². The largest absolute Gasteiger partial charge is 0.487 e. The molecule has 0 aliphatic carbocycles. The van der Waals surface area contributed by atoms with Gasteiger partial charge in [-0.2, -0.15) is 0 Å². The van der Waals surface area contributed by atoms with Gasteiger partial charge in [-0.05, 0) is 30.3 Å². The van der Waals surface area contributed by atoms with Crippen molar-refractivity contribution < 1.29 is 13.2 Å². The van der Waals surface area contributed by atoms with Gasteiger partial charge in [-0.3, -0.25) is 0 Å². The second-order valence-electron chi connectivity index (χ2n) is 4.05. The average molecular weight is 475 g/mol. The van der Waals surface area contributed by atoms with Gasteiger partial charge < -0.3 is 4.74 Å². The summed E-state index contributed by atoms with van der Waals surface area (Å²) < 4.78 is 30.1. The molecule has 0 atom stereocenters. The molecule has 0 saturated heterocycles. The first kappa shape index (κ1) is 17.1. The lowest BCUT2D eigenvalue weighted by molar-refractivity contribution is 0.298. The third kappa shape index (κ3) is 4.60. The maximum Gasteiger partial charge on any atom is 0.265 e. The van der Waals surface area contributed by atoms with Gasteiger partial charge in [-0.25, -0.2) is 8.42 Å². The summed E-state index contributed by atoms with van der Waals surface area (Å²) in [6.07, 6.45) is 0. The zero-order valence-electron chi connectivity index (χ0n) is 10.3. The van der Waals surface area contributed by atoms with Crippen LogP contribution in [0.15, 0.2) is 50.2 Å². The van der Waals surface area contributed by atoms with Crippen molar-refractivity contribution in [3.8, 4) is 5.75 Å². The van der Waals surface area contributed by atoms with E-state index in [-0.39, 0.29) is 17.3 Å². The van der Waals surface area contributed by atoms with E-state index in [1.54, 1.807) is 18.2 Å². The molecule has 0 amide bonds. The molecule has 2 rings (SSSR count). The van der Waals surface area contributed by atoms with Gasteiger partial charge in [0, 0.05) is 30.2 Å². The van der Waals surface area contributed by atoms with Crippen molar-refractivity contribution >= 4 is 63.2 Å². The number of rotatable bonds is 4. The SMILES string of the molecule is O=S(=O)(Cl)c1cc(Br)ccc1OCc1ccc(Br)cc1Cl. The van der Waals surface area contributed by atoms with Gasteiger partial charge in [-0.1, -0.05) is 49.5 Å². The molecule has 21 heavy (non-hydrogen) atoms. The van der Waals surface area contributed by atoms with Crippen molar-refractivity contribution in [2.24, 2.45) is 0 Å². The van der Waals surface area contributed by atoms with Gasteiger partial charge in [0.2, 0.25) is 0 Å². The quantitative estimate of drug-likeness (QED) is 0.559. The maximum absolute atomic E-state index is 11.6. The second kappa shape index (κ2) is 6.87. The molecule has 0 saturated carbocycles. The molecule has 0 N–H and O–H groups in total. The Labute approximate surface area is 148 Å². The summed E-state index contributed by atoms with van der Waals surface area (Å²) in [5.74, 6) is 0.173. The van der Waals surface area contributed by atoms with E-state index in [1.807, 2.05) is 6.07 Å². The van der Waals surface area contributed by atoms with E-state index >= 15 is 0 Å². The van der Waals surface area contributed by atoms with E-state index in [9.17, 15) is 8.42 Å². The predicted octanol–water partition coefficient (Wildman–Crippen LogP) is 5.37. The molecular weight excluding hydrogens is 467 g/mol. The Morgan fingerprint density at radius 2 is 1.67 bits per heavy atom. The van der Waals surface area contributed by atoms with Gasteiger partial charge in [0.05, 0.1) is 0 Å². The summed E-state index contributed by atoms with van der Waals surface area (Å²) in [5.41, 5.74) is 0.737. The summed E-state index contributed by atoms with van der Waals surface area (Å²) in [6, 6.07) is 9.95. The number of benzene rings is 2. The smallest absolute Gasteiger partial charge is 0.265 e. The second-order valence-corrected chi connectivity index (χ2v) is 8.83. The zero-order valence-corrected chi connectivity index (χ0v) is 15.8. The Kier molecular flexibility index (Phi) is 5.59. The molecule has 8 heteroatoms. The Morgan fingerprint density at radius 1 is 1.05 bits per heavy atom. The van der Waals surface area contributed by atoms with Gasteiger partial charge in [0.15, 0.2) is 0 Å². The number of halogens is 4. The summed E-state index contributed by atoms with van der Waals surface area (Å²) >= 11 is 12.6. The Balaban J connectivity index is 2.28. The summed E-state index contributed by atoms with van der Waals surface area (Å²) in [4.78, 5) is -0.0909. The normalized spacial score (nSPS) is 11.4. The summed E-state index contributed by atoms with van der Waals surface area (Å²) in [7, 11) is 1.51. The van der Waals surface area contributed by atoms with Crippen molar-refractivity contribution in [2.45, 2.75) is 11.5 Å². The molecule has 112 valence electrons. The standard InChI is InChI=1S/C13H8Br2Cl2O3S/c14-9-2-1-8(11(16)5-9)7-20-12-4-3-10(15)6-13(12)21(17,18)19/h1-6H,7H2. The van der Waals surface area contributed by atoms with Crippen LogP contribution in [0.25, 0.3) is 0 Å². The molecule has 0 bridgehead atoms. The van der Waals surface area contributed by atoms with E-state index in [4.69, 9.17) is 27.0 Å². The molecule has 0 spiro atoms. The lowest BCUT2D eigenvalue weighted by Crippen LogP contribution is -2.01. The summed E-state index contributed by atoms with van der Waals surface area (Å²) in [6.45, 7) is 0.132. The minimum atomic E-state index is -3.90. The highest BCUT2D eigenvalue weighted by Gasteiger charge is 2.18. The lowest BCUT2D eigenvalue weighted by Gasteiger charge is -2.11. The van der Waals surface area contributed by atoms with E-state index in [1.165, 1.54) is 12.1 Å². The van der Waals surface area contributed by atoms with Gasteiger partial charge in [0.25, 0.3) is 9.05 Å². The van der Waals surface area contributed by atoms with Gasteiger partial charge in [-0.15, -0.1) is 0 Å². The van der Waals surface area contributed by atoms with Crippen LogP contribution in [0, 0.1) is 0 Å². The van der Waals surface area contributed by atoms with Crippen molar-refractivity contribution in [2.75, 3.05) is 0 Å². The first-order chi connectivity index (χ1) is 9.77. The highest BCUT2D eigenvalue weighted by molar-refractivity contribution is 9.10. The molecule has 0 aromatic heterocycles. The summed E-state index contributed by atoms with van der Waals surface area (Å²) in [5, 5.41) is 0.525. The van der Waals surface area contributed by atoms with Crippen LogP contribution in [0.3, 0.4) is 0 Å². The fourth-order valence-electron chi connectivity index (χ4n) is 1.59. The third-order valence-corrected chi connectivity index (χ3v) is 5.25. The highest BCUT2D eigenvalue weighted by atomic mass is 79.9. The van der Waals surface area contributed by atoms with Crippen LogP contribution in [0.4, 0.5) is 0 Å². The van der Waals surface area contributed by atoms with Gasteiger partial charge in [0.1, 0.15) is 17.3 Å². The van der Waals surface area contributed by atoms with E-state index in [0.717, 1.165) is 10.0 Å². The van der Waals surface area contributed by atoms with Crippen LogP contribution in [0.2, 0.25) is 5.02 Å². The molecular formula is C13H8Br2Cl2O3S. The minimum absolute atomic E-state index is 0.0909. The monoisotopic (exact) mass is 472 g/mol. The van der Waals surface area contributed by atoms with Crippen LogP contribution in [-0.4, -0.2) is 8.42 Å². The molecule has 2 aromatic carbocycles. The third-order valence-electron chi connectivity index (χ3n) is 2.57. The van der Waals surface area contributed by atoms with Crippen molar-refractivity contribution in [3.05, 3.63) is 55.9 Å². The molecule has 2 aromatic rings. The number of hydrogen-bond acceptors (Lipinski definition) is 3. The first-order valence-electron chi connectivity index (χ1n) is 5.58. The van der Waals surface area contributed by atoms with E-state index in [0.29, 0.717) is 9.50 Å². The van der Waals surface area contributed by atoms with Crippen molar-refractivity contribution in [3.63, 3.8) is 0 Å². The Bertz CT molecular complexity index is 779. The maximum atomic E-state index is 11.6. The van der Waals surface area contributed by atoms with Crippen molar-refractivity contribution in [1.82, 2.24) is 0 Å². The average Bonchev–Trinajstić information content (AvgIpc) is 2.38. The molecule has 0 heterocycles. The minimum Gasteiger partial charge on any atom is -0.487 e. The van der Waals surface area contributed by atoms with E-state index in [2.05, 4.69) is 31.9 Å². The molecule has 3 nitrogen and oxygen atoms in total. The predicted molar refractivity (Wildman–Crippen MR) is 90.7 cm³/mol. The Hall–Kier alpha value is -0.270. The number of hydrogen-bond donors (Lipinski definition) is 0. The fraction of sp³-hybridized carbons (Fsp3) is 0.0769. The first-order valence-corrected chi connectivity index (χ1v) is 9.85. The molecule has 0 aliphatic heterocycles. The molecule has 0 unspecified atom stereocenters. The van der Waals surface area contributed by atoms with Crippen LogP contribution in [0.5, 0.6) is 5.75 Å². The molecule has 0 fully saturated rings. The highest BCUT2D eigenvalue weighted by Crippen LogP contribution is 2.31. The van der Waals surface area contributed by atoms with Gasteiger partial charge >= 0.3 is 0 Å². The fourth-order valence-corrected chi connectivity index (χ4v) is 3.82. The van der Waals surface area contributed by atoms with E-state index < -0.39 is 9.05 Å². The lowest BCUT2D eigenvalue weighted by atomic mass is 10.2. The molecule has 0 aliphatic rings. The molecule has 0 radical (unpaired) electrons. The van der Waals surface area contributed by atoms with Crippen LogP contribution < -0.4 is 4.74 Å².